The molecule has 1 amide bonds. The minimum atomic E-state index is -0.522. The molecule has 0 radical (unpaired) electrons. The fraction of sp³-hybridized carbons (Fsp3) is 0. The maximum Gasteiger partial charge on any atom is 0.271 e. The number of halogens is 2. The predicted molar refractivity (Wildman–Crippen MR) is 82.3 cm³/mol. The van der Waals surface area contributed by atoms with Gasteiger partial charge in [-0.15, -0.1) is 0 Å². The monoisotopic (exact) mass is 384 g/mol. The van der Waals surface area contributed by atoms with Crippen LogP contribution in [0.4, 0.5) is 4.39 Å². The zero-order valence-electron chi connectivity index (χ0n) is 10.2. The van der Waals surface area contributed by atoms with Crippen LogP contribution in [0.25, 0.3) is 0 Å². The Morgan fingerprint density at radius 2 is 2.10 bits per heavy atom. The van der Waals surface area contributed by atoms with E-state index in [0.29, 0.717) is 5.56 Å². The van der Waals surface area contributed by atoms with E-state index in [4.69, 9.17) is 0 Å². The molecule has 2 rings (SSSR count). The van der Waals surface area contributed by atoms with Crippen LogP contribution in [0.5, 0.6) is 5.75 Å². The first kappa shape index (κ1) is 14.4. The fourth-order valence-electron chi connectivity index (χ4n) is 1.48. The van der Waals surface area contributed by atoms with E-state index < -0.39 is 11.7 Å². The molecule has 0 heterocycles. The summed E-state index contributed by atoms with van der Waals surface area (Å²) in [7, 11) is 0. The third-order valence-corrected chi connectivity index (χ3v) is 3.12. The van der Waals surface area contributed by atoms with E-state index in [0.717, 1.165) is 9.64 Å². The average molecular weight is 384 g/mol. The van der Waals surface area contributed by atoms with Gasteiger partial charge >= 0.3 is 0 Å². The number of nitrogens with zero attached hydrogens (tertiary/aromatic N) is 1. The Bertz CT molecular complexity index is 674. The molecule has 0 bridgehead atoms. The minimum Gasteiger partial charge on any atom is -0.507 e. The number of rotatable bonds is 3. The van der Waals surface area contributed by atoms with Crippen LogP contribution in [0.1, 0.15) is 15.9 Å². The lowest BCUT2D eigenvalue weighted by atomic mass is 10.2. The minimum absolute atomic E-state index is 0.0640. The molecule has 0 aliphatic rings. The van der Waals surface area contributed by atoms with Crippen LogP contribution in [0.2, 0.25) is 0 Å². The topological polar surface area (TPSA) is 61.7 Å². The van der Waals surface area contributed by atoms with E-state index in [2.05, 4.69) is 33.1 Å². The molecule has 0 fully saturated rings. The smallest absolute Gasteiger partial charge is 0.271 e. The lowest BCUT2D eigenvalue weighted by molar-refractivity contribution is 0.0954. The second kappa shape index (κ2) is 6.47. The van der Waals surface area contributed by atoms with Crippen LogP contribution >= 0.6 is 22.6 Å². The molecule has 0 aliphatic heterocycles. The number of aromatic hydroxyl groups is 1. The van der Waals surface area contributed by atoms with Crippen LogP contribution in [0, 0.1) is 9.39 Å². The van der Waals surface area contributed by atoms with Crippen molar-refractivity contribution in [3.05, 3.63) is 63.0 Å². The number of amides is 1. The van der Waals surface area contributed by atoms with E-state index in [1.807, 2.05) is 0 Å². The highest BCUT2D eigenvalue weighted by Crippen LogP contribution is 2.17. The molecule has 0 atom stereocenters. The number of hydrogen-bond acceptors (Lipinski definition) is 3. The Morgan fingerprint density at radius 3 is 2.85 bits per heavy atom. The fourth-order valence-corrected chi connectivity index (χ4v) is 2.00. The first-order chi connectivity index (χ1) is 9.56. The number of hydrogen-bond donors (Lipinski definition) is 2. The van der Waals surface area contributed by atoms with Gasteiger partial charge in [-0.05, 0) is 59.0 Å². The van der Waals surface area contributed by atoms with Crippen LogP contribution in [-0.4, -0.2) is 17.2 Å². The molecule has 0 spiro atoms. The zero-order chi connectivity index (χ0) is 14.5. The summed E-state index contributed by atoms with van der Waals surface area (Å²) in [6.45, 7) is 0. The average Bonchev–Trinajstić information content (AvgIpc) is 2.42. The van der Waals surface area contributed by atoms with Crippen LogP contribution in [0.3, 0.4) is 0 Å². The van der Waals surface area contributed by atoms with Gasteiger partial charge in [0.05, 0.1) is 6.21 Å². The highest BCUT2D eigenvalue weighted by Gasteiger charge is 2.05. The molecule has 0 saturated heterocycles. The van der Waals surface area contributed by atoms with E-state index in [-0.39, 0.29) is 11.3 Å². The van der Waals surface area contributed by atoms with Crippen molar-refractivity contribution in [3.8, 4) is 5.75 Å². The highest BCUT2D eigenvalue weighted by molar-refractivity contribution is 14.1. The number of carbonyl (C=O) groups excluding carboxylic acids is 1. The number of phenolic OH excluding ortho intramolecular Hbond substituents is 1. The van der Waals surface area contributed by atoms with Gasteiger partial charge in [-0.2, -0.15) is 5.10 Å². The standard InChI is InChI=1S/C14H10FIN2O2/c15-11-3-1-2-9(6-11)14(20)18-17-8-10-7-12(16)4-5-13(10)19/h1-8,19H,(H,18,20). The van der Waals surface area contributed by atoms with Gasteiger partial charge < -0.3 is 5.11 Å². The second-order valence-electron chi connectivity index (χ2n) is 3.91. The summed E-state index contributed by atoms with van der Waals surface area (Å²) in [5.41, 5.74) is 2.93. The van der Waals surface area contributed by atoms with Gasteiger partial charge in [0.15, 0.2) is 0 Å². The number of carbonyl (C=O) groups is 1. The van der Waals surface area contributed by atoms with Crippen molar-refractivity contribution >= 4 is 34.7 Å². The molecule has 0 aliphatic carbocycles. The van der Waals surface area contributed by atoms with E-state index >= 15 is 0 Å². The first-order valence-electron chi connectivity index (χ1n) is 5.64. The summed E-state index contributed by atoms with van der Waals surface area (Å²) < 4.78 is 13.9. The molecule has 6 heteroatoms. The van der Waals surface area contributed by atoms with Crippen molar-refractivity contribution in [2.24, 2.45) is 5.10 Å². The molecule has 2 aromatic rings. The second-order valence-corrected chi connectivity index (χ2v) is 5.16. The summed E-state index contributed by atoms with van der Waals surface area (Å²) >= 11 is 2.10. The summed E-state index contributed by atoms with van der Waals surface area (Å²) in [6.07, 6.45) is 1.33. The molecule has 102 valence electrons. The third-order valence-electron chi connectivity index (χ3n) is 2.45. The number of hydrazone groups is 1. The molecule has 4 nitrogen and oxygen atoms in total. The number of benzene rings is 2. The van der Waals surface area contributed by atoms with Gasteiger partial charge in [0.2, 0.25) is 0 Å². The highest BCUT2D eigenvalue weighted by atomic mass is 127. The van der Waals surface area contributed by atoms with Crippen molar-refractivity contribution in [2.45, 2.75) is 0 Å². The Labute approximate surface area is 128 Å². The lowest BCUT2D eigenvalue weighted by Crippen LogP contribution is -2.17. The van der Waals surface area contributed by atoms with Gasteiger partial charge in [-0.25, -0.2) is 9.82 Å². The quantitative estimate of drug-likeness (QED) is 0.486. The maximum atomic E-state index is 13.0. The van der Waals surface area contributed by atoms with Crippen molar-refractivity contribution in [1.29, 1.82) is 0 Å². The third kappa shape index (κ3) is 3.77. The Morgan fingerprint density at radius 1 is 1.30 bits per heavy atom. The lowest BCUT2D eigenvalue weighted by Gasteiger charge is -2.01. The summed E-state index contributed by atoms with van der Waals surface area (Å²) in [5.74, 6) is -0.947. The summed E-state index contributed by atoms with van der Waals surface area (Å²) in [4.78, 5) is 11.7. The van der Waals surface area contributed by atoms with Gasteiger partial charge in [0.1, 0.15) is 11.6 Å². The Hall–Kier alpha value is -1.96. The number of phenols is 1. The van der Waals surface area contributed by atoms with Crippen molar-refractivity contribution in [3.63, 3.8) is 0 Å². The molecule has 2 aromatic carbocycles. The summed E-state index contributed by atoms with van der Waals surface area (Å²) in [6, 6.07) is 10.3. The van der Waals surface area contributed by atoms with Gasteiger partial charge in [-0.3, -0.25) is 4.79 Å². The van der Waals surface area contributed by atoms with Crippen LogP contribution < -0.4 is 5.43 Å². The maximum absolute atomic E-state index is 13.0. The van der Waals surface area contributed by atoms with Crippen molar-refractivity contribution < 1.29 is 14.3 Å². The molecule has 20 heavy (non-hydrogen) atoms. The molecule has 0 aromatic heterocycles. The Kier molecular flexibility index (Phi) is 4.67. The molecule has 2 N–H and O–H groups in total. The normalized spacial score (nSPS) is 10.7. The van der Waals surface area contributed by atoms with Crippen molar-refractivity contribution in [2.75, 3.05) is 0 Å². The van der Waals surface area contributed by atoms with Crippen molar-refractivity contribution in [1.82, 2.24) is 5.43 Å². The van der Waals surface area contributed by atoms with E-state index in [9.17, 15) is 14.3 Å². The van der Waals surface area contributed by atoms with Gasteiger partial charge in [-0.1, -0.05) is 6.07 Å². The van der Waals surface area contributed by atoms with E-state index in [1.165, 1.54) is 30.5 Å². The summed E-state index contributed by atoms with van der Waals surface area (Å²) in [5, 5.41) is 13.3. The molecule has 0 unspecified atom stereocenters. The van der Waals surface area contributed by atoms with Crippen LogP contribution in [0.15, 0.2) is 47.6 Å². The van der Waals surface area contributed by atoms with Gasteiger partial charge in [0, 0.05) is 14.7 Å². The number of nitrogens with one attached hydrogen (secondary N) is 1. The first-order valence-corrected chi connectivity index (χ1v) is 6.71. The molecular weight excluding hydrogens is 374 g/mol. The molecular formula is C14H10FIN2O2. The SMILES string of the molecule is O=C(NN=Cc1cc(I)ccc1O)c1cccc(F)c1. The van der Waals surface area contributed by atoms with Gasteiger partial charge in [0.25, 0.3) is 5.91 Å². The molecule has 0 saturated carbocycles. The predicted octanol–water partition coefficient (Wildman–Crippen LogP) is 2.90. The van der Waals surface area contributed by atoms with Crippen LogP contribution in [-0.2, 0) is 0 Å². The van der Waals surface area contributed by atoms with E-state index in [1.54, 1.807) is 12.1 Å². The Balaban J connectivity index is 2.06. The largest absolute Gasteiger partial charge is 0.507 e. The zero-order valence-corrected chi connectivity index (χ0v) is 12.3.